The lowest BCUT2D eigenvalue weighted by Crippen LogP contribution is -2.09. The number of aromatic nitrogens is 1. The van der Waals surface area contributed by atoms with E-state index >= 15 is 0 Å². The van der Waals surface area contributed by atoms with Gasteiger partial charge in [-0.15, -0.1) is 0 Å². The van der Waals surface area contributed by atoms with Gasteiger partial charge in [0.2, 0.25) is 5.91 Å². The fraction of sp³-hybridized carbons (Fsp3) is 0.0526. The lowest BCUT2D eigenvalue weighted by molar-refractivity contribution is -0.111. The van der Waals surface area contributed by atoms with Crippen molar-refractivity contribution in [3.63, 3.8) is 0 Å². The van der Waals surface area contributed by atoms with Crippen molar-refractivity contribution in [1.29, 1.82) is 0 Å². The number of rotatable bonds is 4. The number of esters is 1. The van der Waals surface area contributed by atoms with Gasteiger partial charge >= 0.3 is 5.97 Å². The van der Waals surface area contributed by atoms with Crippen LogP contribution in [0.4, 0.5) is 5.69 Å². The first-order valence-corrected chi connectivity index (χ1v) is 7.41. The standard InChI is InChI=1S/C19H16N2O3/c1-24-19(23)13-5-4-6-15(11-13)21-18(22)10-9-14-12-20-17-8-3-2-7-16(14)17/h2-12,20H,1H3,(H,21,22). The summed E-state index contributed by atoms with van der Waals surface area (Å²) in [6.07, 6.45) is 5.06. The maximum absolute atomic E-state index is 12.1. The molecule has 3 rings (SSSR count). The van der Waals surface area contributed by atoms with E-state index < -0.39 is 5.97 Å². The molecular weight excluding hydrogens is 304 g/mol. The van der Waals surface area contributed by atoms with Gasteiger partial charge in [-0.3, -0.25) is 4.79 Å². The van der Waals surface area contributed by atoms with Crippen molar-refractivity contribution in [2.45, 2.75) is 0 Å². The number of methoxy groups -OCH3 is 1. The van der Waals surface area contributed by atoms with Crippen molar-refractivity contribution in [1.82, 2.24) is 4.98 Å². The second kappa shape index (κ2) is 6.83. The van der Waals surface area contributed by atoms with Crippen LogP contribution in [0.5, 0.6) is 0 Å². The number of ether oxygens (including phenoxy) is 1. The monoisotopic (exact) mass is 320 g/mol. The molecule has 0 fully saturated rings. The first kappa shape index (κ1) is 15.6. The van der Waals surface area contributed by atoms with Gasteiger partial charge in [0.15, 0.2) is 0 Å². The molecule has 0 aliphatic heterocycles. The zero-order valence-electron chi connectivity index (χ0n) is 13.1. The van der Waals surface area contributed by atoms with Crippen LogP contribution in [0.1, 0.15) is 15.9 Å². The van der Waals surface area contributed by atoms with Crippen LogP contribution in [-0.4, -0.2) is 24.0 Å². The van der Waals surface area contributed by atoms with Gasteiger partial charge in [0.25, 0.3) is 0 Å². The van der Waals surface area contributed by atoms with Gasteiger partial charge in [0.1, 0.15) is 0 Å². The molecule has 1 heterocycles. The van der Waals surface area contributed by atoms with Gasteiger partial charge < -0.3 is 15.0 Å². The average Bonchev–Trinajstić information content (AvgIpc) is 3.03. The summed E-state index contributed by atoms with van der Waals surface area (Å²) in [6.45, 7) is 0. The number of H-pyrrole nitrogens is 1. The lowest BCUT2D eigenvalue weighted by atomic mass is 10.1. The molecule has 0 bridgehead atoms. The summed E-state index contributed by atoms with van der Waals surface area (Å²) in [5.74, 6) is -0.720. The van der Waals surface area contributed by atoms with Crippen molar-refractivity contribution in [3.8, 4) is 0 Å². The molecule has 1 amide bonds. The van der Waals surface area contributed by atoms with E-state index in [4.69, 9.17) is 0 Å². The van der Waals surface area contributed by atoms with E-state index in [9.17, 15) is 9.59 Å². The number of carbonyl (C=O) groups is 2. The normalized spacial score (nSPS) is 10.9. The Labute approximate surface area is 139 Å². The number of carbonyl (C=O) groups excluding carboxylic acids is 2. The number of anilines is 1. The fourth-order valence-electron chi connectivity index (χ4n) is 2.42. The Hall–Kier alpha value is -3.34. The molecule has 0 saturated heterocycles. The molecule has 0 aliphatic carbocycles. The Bertz CT molecular complexity index is 925. The zero-order chi connectivity index (χ0) is 16.9. The Morgan fingerprint density at radius 3 is 2.79 bits per heavy atom. The Balaban J connectivity index is 1.73. The summed E-state index contributed by atoms with van der Waals surface area (Å²) in [5, 5.41) is 3.78. The lowest BCUT2D eigenvalue weighted by Gasteiger charge is -2.04. The van der Waals surface area contributed by atoms with Gasteiger partial charge in [-0.2, -0.15) is 0 Å². The molecule has 3 aromatic rings. The minimum atomic E-state index is -0.444. The number of benzene rings is 2. The van der Waals surface area contributed by atoms with E-state index in [2.05, 4.69) is 15.0 Å². The van der Waals surface area contributed by atoms with Crippen molar-refractivity contribution < 1.29 is 14.3 Å². The zero-order valence-corrected chi connectivity index (χ0v) is 13.1. The molecule has 0 unspecified atom stereocenters. The molecule has 2 N–H and O–H groups in total. The maximum Gasteiger partial charge on any atom is 0.337 e. The number of hydrogen-bond donors (Lipinski definition) is 2. The molecule has 5 nitrogen and oxygen atoms in total. The maximum atomic E-state index is 12.1. The summed E-state index contributed by atoms with van der Waals surface area (Å²) < 4.78 is 4.66. The van der Waals surface area contributed by atoms with E-state index in [1.54, 1.807) is 30.3 Å². The van der Waals surface area contributed by atoms with Crippen molar-refractivity contribution >= 4 is 34.5 Å². The molecule has 24 heavy (non-hydrogen) atoms. The molecule has 0 aliphatic rings. The van der Waals surface area contributed by atoms with Gasteiger partial charge in [0.05, 0.1) is 12.7 Å². The fourth-order valence-corrected chi connectivity index (χ4v) is 2.42. The molecule has 5 heteroatoms. The molecule has 2 aromatic carbocycles. The Morgan fingerprint density at radius 1 is 1.12 bits per heavy atom. The predicted molar refractivity (Wildman–Crippen MR) is 93.7 cm³/mol. The van der Waals surface area contributed by atoms with Crippen LogP contribution in [0.2, 0.25) is 0 Å². The highest BCUT2D eigenvalue weighted by Crippen LogP contribution is 2.19. The van der Waals surface area contributed by atoms with E-state index in [1.807, 2.05) is 30.5 Å². The van der Waals surface area contributed by atoms with E-state index in [0.717, 1.165) is 16.5 Å². The largest absolute Gasteiger partial charge is 0.465 e. The highest BCUT2D eigenvalue weighted by molar-refractivity contribution is 6.04. The van der Waals surface area contributed by atoms with Gasteiger partial charge in [-0.1, -0.05) is 24.3 Å². The molecule has 0 atom stereocenters. The molecule has 120 valence electrons. The molecular formula is C19H16N2O3. The van der Waals surface area contributed by atoms with Crippen LogP contribution < -0.4 is 5.32 Å². The topological polar surface area (TPSA) is 71.2 Å². The van der Waals surface area contributed by atoms with Crippen molar-refractivity contribution in [3.05, 3.63) is 71.9 Å². The third kappa shape index (κ3) is 3.35. The summed E-state index contributed by atoms with van der Waals surface area (Å²) >= 11 is 0. The molecule has 0 saturated carbocycles. The van der Waals surface area contributed by atoms with Gasteiger partial charge in [-0.25, -0.2) is 4.79 Å². The van der Waals surface area contributed by atoms with Crippen LogP contribution in [0, 0.1) is 0 Å². The summed E-state index contributed by atoms with van der Waals surface area (Å²) in [6, 6.07) is 14.5. The van der Waals surface area contributed by atoms with E-state index in [0.29, 0.717) is 11.3 Å². The summed E-state index contributed by atoms with van der Waals surface area (Å²) in [5.41, 5.74) is 2.87. The molecule has 0 radical (unpaired) electrons. The van der Waals surface area contributed by atoms with Gasteiger partial charge in [0, 0.05) is 28.9 Å². The molecule has 0 spiro atoms. The van der Waals surface area contributed by atoms with Crippen molar-refractivity contribution in [2.24, 2.45) is 0 Å². The predicted octanol–water partition coefficient (Wildman–Crippen LogP) is 3.61. The molecule has 1 aromatic heterocycles. The smallest absolute Gasteiger partial charge is 0.337 e. The number of hydrogen-bond acceptors (Lipinski definition) is 3. The van der Waals surface area contributed by atoms with Crippen LogP contribution in [0.15, 0.2) is 60.8 Å². The Kier molecular flexibility index (Phi) is 4.43. The summed E-state index contributed by atoms with van der Waals surface area (Å²) in [4.78, 5) is 26.7. The van der Waals surface area contributed by atoms with Crippen LogP contribution in [0.25, 0.3) is 17.0 Å². The van der Waals surface area contributed by atoms with E-state index in [-0.39, 0.29) is 5.91 Å². The Morgan fingerprint density at radius 2 is 1.96 bits per heavy atom. The van der Waals surface area contributed by atoms with Crippen LogP contribution in [0.3, 0.4) is 0 Å². The van der Waals surface area contributed by atoms with Crippen LogP contribution in [-0.2, 0) is 9.53 Å². The number of amides is 1. The average molecular weight is 320 g/mol. The minimum Gasteiger partial charge on any atom is -0.465 e. The minimum absolute atomic E-state index is 0.276. The van der Waals surface area contributed by atoms with E-state index in [1.165, 1.54) is 13.2 Å². The third-order valence-corrected chi connectivity index (χ3v) is 3.59. The van der Waals surface area contributed by atoms with Crippen molar-refractivity contribution in [2.75, 3.05) is 12.4 Å². The second-order valence-corrected chi connectivity index (χ2v) is 5.18. The first-order chi connectivity index (χ1) is 11.7. The number of aromatic amines is 1. The number of para-hydroxylation sites is 1. The first-order valence-electron chi connectivity index (χ1n) is 7.41. The highest BCUT2D eigenvalue weighted by Gasteiger charge is 2.06. The SMILES string of the molecule is COC(=O)c1cccc(NC(=O)C=Cc2c[nH]c3ccccc23)c1. The number of fused-ring (bicyclic) bond motifs is 1. The number of nitrogens with one attached hydrogen (secondary N) is 2. The second-order valence-electron chi connectivity index (χ2n) is 5.18. The quantitative estimate of drug-likeness (QED) is 0.570. The van der Waals surface area contributed by atoms with Crippen LogP contribution >= 0.6 is 0 Å². The summed E-state index contributed by atoms with van der Waals surface area (Å²) in [7, 11) is 1.32. The third-order valence-electron chi connectivity index (χ3n) is 3.59. The van der Waals surface area contributed by atoms with Gasteiger partial charge in [-0.05, 0) is 35.9 Å². The highest BCUT2D eigenvalue weighted by atomic mass is 16.5.